The first-order valence-corrected chi connectivity index (χ1v) is 7.48. The third-order valence-electron chi connectivity index (χ3n) is 3.67. The summed E-state index contributed by atoms with van der Waals surface area (Å²) in [7, 11) is 1.57. The number of carbonyl (C=O) groups excluding carboxylic acids is 2. The summed E-state index contributed by atoms with van der Waals surface area (Å²) in [6, 6.07) is 6.58. The van der Waals surface area contributed by atoms with E-state index >= 15 is 0 Å². The molecular weight excluding hydrogens is 298 g/mol. The van der Waals surface area contributed by atoms with Crippen LogP contribution in [0.4, 0.5) is 10.5 Å². The van der Waals surface area contributed by atoms with Crippen LogP contribution < -0.4 is 20.3 Å². The number of urea groups is 1. The third kappa shape index (κ3) is 4.35. The largest absolute Gasteiger partial charge is 0.497 e. The Morgan fingerprint density at radius 2 is 2.22 bits per heavy atom. The minimum absolute atomic E-state index is 0.0510. The number of rotatable bonds is 5. The molecule has 1 atom stereocenters. The number of nitrogens with zero attached hydrogens (tertiary/aromatic N) is 1. The average Bonchev–Trinajstić information content (AvgIpc) is 2.87. The van der Waals surface area contributed by atoms with Gasteiger partial charge < -0.3 is 25.4 Å². The van der Waals surface area contributed by atoms with Crippen LogP contribution in [0, 0.1) is 0 Å². The molecule has 0 radical (unpaired) electrons. The van der Waals surface area contributed by atoms with Crippen molar-refractivity contribution in [2.45, 2.75) is 31.8 Å². The number of amides is 3. The Kier molecular flexibility index (Phi) is 5.10. The molecule has 126 valence electrons. The Balaban J connectivity index is 1.98. The molecule has 23 heavy (non-hydrogen) atoms. The van der Waals surface area contributed by atoms with E-state index < -0.39 is 11.6 Å². The van der Waals surface area contributed by atoms with Crippen LogP contribution in [0.5, 0.6) is 5.75 Å². The highest BCUT2D eigenvalue weighted by Crippen LogP contribution is 2.25. The maximum absolute atomic E-state index is 12.2. The maximum Gasteiger partial charge on any atom is 0.315 e. The molecule has 7 heteroatoms. The van der Waals surface area contributed by atoms with Gasteiger partial charge in [0.15, 0.2) is 0 Å². The Bertz CT molecular complexity index is 588. The predicted molar refractivity (Wildman–Crippen MR) is 86.6 cm³/mol. The van der Waals surface area contributed by atoms with E-state index in [4.69, 9.17) is 9.84 Å². The normalized spacial score (nSPS) is 18.0. The number of benzene rings is 1. The Hall–Kier alpha value is -2.28. The lowest BCUT2D eigenvalue weighted by Gasteiger charge is -2.25. The highest BCUT2D eigenvalue weighted by atomic mass is 16.5. The fourth-order valence-electron chi connectivity index (χ4n) is 2.40. The van der Waals surface area contributed by atoms with Gasteiger partial charge in [-0.1, -0.05) is 6.07 Å². The SMILES string of the molecule is COc1cccc(N2C[C@@H](NC(=O)NC(C)(C)CO)CC2=O)c1. The van der Waals surface area contributed by atoms with Gasteiger partial charge in [-0.3, -0.25) is 4.79 Å². The zero-order valence-corrected chi connectivity index (χ0v) is 13.6. The molecule has 1 aromatic carbocycles. The highest BCUT2D eigenvalue weighted by molar-refractivity contribution is 5.97. The van der Waals surface area contributed by atoms with E-state index in [-0.39, 0.29) is 25.0 Å². The quantitative estimate of drug-likeness (QED) is 0.750. The lowest BCUT2D eigenvalue weighted by Crippen LogP contribution is -2.53. The van der Waals surface area contributed by atoms with Gasteiger partial charge in [0.2, 0.25) is 5.91 Å². The first kappa shape index (κ1) is 17.1. The van der Waals surface area contributed by atoms with Gasteiger partial charge in [-0.05, 0) is 26.0 Å². The summed E-state index contributed by atoms with van der Waals surface area (Å²) in [6.07, 6.45) is 0.240. The lowest BCUT2D eigenvalue weighted by molar-refractivity contribution is -0.117. The maximum atomic E-state index is 12.2. The summed E-state index contributed by atoms with van der Waals surface area (Å²) in [4.78, 5) is 25.8. The molecule has 0 aliphatic carbocycles. The molecule has 1 saturated heterocycles. The first-order chi connectivity index (χ1) is 10.8. The topological polar surface area (TPSA) is 90.9 Å². The molecule has 3 amide bonds. The monoisotopic (exact) mass is 321 g/mol. The molecule has 0 unspecified atom stereocenters. The van der Waals surface area contributed by atoms with Gasteiger partial charge in [-0.15, -0.1) is 0 Å². The second-order valence-corrected chi connectivity index (χ2v) is 6.25. The molecular formula is C16H23N3O4. The van der Waals surface area contributed by atoms with Gasteiger partial charge in [0.1, 0.15) is 5.75 Å². The molecule has 3 N–H and O–H groups in total. The Morgan fingerprint density at radius 1 is 1.48 bits per heavy atom. The summed E-state index contributed by atoms with van der Waals surface area (Å²) >= 11 is 0. The van der Waals surface area contributed by atoms with Gasteiger partial charge in [0.05, 0.1) is 25.3 Å². The Labute approximate surface area is 135 Å². The number of anilines is 1. The minimum Gasteiger partial charge on any atom is -0.497 e. The number of aliphatic hydroxyl groups is 1. The number of hydrogen-bond acceptors (Lipinski definition) is 4. The van der Waals surface area contributed by atoms with Crippen molar-refractivity contribution < 1.29 is 19.4 Å². The molecule has 1 aliphatic heterocycles. The number of nitrogens with one attached hydrogen (secondary N) is 2. The molecule has 1 aliphatic rings. The Morgan fingerprint density at radius 3 is 2.87 bits per heavy atom. The average molecular weight is 321 g/mol. The van der Waals surface area contributed by atoms with Crippen LogP contribution in [0.3, 0.4) is 0 Å². The van der Waals surface area contributed by atoms with E-state index in [2.05, 4.69) is 10.6 Å². The van der Waals surface area contributed by atoms with Crippen molar-refractivity contribution in [1.29, 1.82) is 0 Å². The molecule has 1 heterocycles. The van der Waals surface area contributed by atoms with Crippen molar-refractivity contribution in [3.05, 3.63) is 24.3 Å². The van der Waals surface area contributed by atoms with Gasteiger partial charge in [0.25, 0.3) is 0 Å². The summed E-state index contributed by atoms with van der Waals surface area (Å²) < 4.78 is 5.17. The molecule has 1 aromatic rings. The van der Waals surface area contributed by atoms with E-state index in [1.807, 2.05) is 18.2 Å². The fraction of sp³-hybridized carbons (Fsp3) is 0.500. The second kappa shape index (κ2) is 6.87. The fourth-order valence-corrected chi connectivity index (χ4v) is 2.40. The molecule has 0 saturated carbocycles. The number of aliphatic hydroxyl groups excluding tert-OH is 1. The summed E-state index contributed by atoms with van der Waals surface area (Å²) in [5.74, 6) is 0.624. The number of hydrogen-bond donors (Lipinski definition) is 3. The minimum atomic E-state index is -0.709. The van der Waals surface area contributed by atoms with Crippen LogP contribution in [0.2, 0.25) is 0 Å². The number of ether oxygens (including phenoxy) is 1. The molecule has 0 spiro atoms. The van der Waals surface area contributed by atoms with Crippen molar-refractivity contribution >= 4 is 17.6 Å². The van der Waals surface area contributed by atoms with Crippen LogP contribution in [-0.2, 0) is 4.79 Å². The van der Waals surface area contributed by atoms with Crippen molar-refractivity contribution in [1.82, 2.24) is 10.6 Å². The van der Waals surface area contributed by atoms with E-state index in [0.717, 1.165) is 5.69 Å². The van der Waals surface area contributed by atoms with Crippen LogP contribution in [0.25, 0.3) is 0 Å². The summed E-state index contributed by atoms with van der Waals surface area (Å²) in [6.45, 7) is 3.67. The first-order valence-electron chi connectivity index (χ1n) is 7.48. The summed E-state index contributed by atoms with van der Waals surface area (Å²) in [5, 5.41) is 14.6. The van der Waals surface area contributed by atoms with Crippen molar-refractivity contribution in [2.24, 2.45) is 0 Å². The highest BCUT2D eigenvalue weighted by Gasteiger charge is 2.32. The van der Waals surface area contributed by atoms with Crippen molar-refractivity contribution in [2.75, 3.05) is 25.2 Å². The third-order valence-corrected chi connectivity index (χ3v) is 3.67. The zero-order valence-electron chi connectivity index (χ0n) is 13.6. The standard InChI is InChI=1S/C16H23N3O4/c1-16(2,10-20)18-15(22)17-11-7-14(21)19(9-11)12-5-4-6-13(8-12)23-3/h4-6,8,11,20H,7,9-10H2,1-3H3,(H2,17,18,22)/t11-/m0/s1. The van der Waals surface area contributed by atoms with Gasteiger partial charge in [-0.2, -0.15) is 0 Å². The predicted octanol–water partition coefficient (Wildman–Crippen LogP) is 0.871. The van der Waals surface area contributed by atoms with Crippen molar-refractivity contribution in [3.8, 4) is 5.75 Å². The van der Waals surface area contributed by atoms with E-state index in [1.54, 1.807) is 31.9 Å². The van der Waals surface area contributed by atoms with Gasteiger partial charge in [-0.25, -0.2) is 4.79 Å². The smallest absolute Gasteiger partial charge is 0.315 e. The molecule has 0 aromatic heterocycles. The molecule has 7 nitrogen and oxygen atoms in total. The van der Waals surface area contributed by atoms with Crippen LogP contribution in [0.1, 0.15) is 20.3 Å². The number of carbonyl (C=O) groups is 2. The van der Waals surface area contributed by atoms with Gasteiger partial charge in [0, 0.05) is 24.7 Å². The van der Waals surface area contributed by atoms with E-state index in [9.17, 15) is 9.59 Å². The van der Waals surface area contributed by atoms with E-state index in [1.165, 1.54) is 0 Å². The molecule has 2 rings (SSSR count). The zero-order chi connectivity index (χ0) is 17.0. The van der Waals surface area contributed by atoms with E-state index in [0.29, 0.717) is 12.3 Å². The van der Waals surface area contributed by atoms with Crippen LogP contribution in [0.15, 0.2) is 24.3 Å². The van der Waals surface area contributed by atoms with Crippen LogP contribution in [-0.4, -0.2) is 48.9 Å². The second-order valence-electron chi connectivity index (χ2n) is 6.25. The number of methoxy groups -OCH3 is 1. The van der Waals surface area contributed by atoms with Crippen molar-refractivity contribution in [3.63, 3.8) is 0 Å². The molecule has 1 fully saturated rings. The van der Waals surface area contributed by atoms with Gasteiger partial charge >= 0.3 is 6.03 Å². The van der Waals surface area contributed by atoms with Crippen LogP contribution >= 0.6 is 0 Å². The molecule has 0 bridgehead atoms. The lowest BCUT2D eigenvalue weighted by atomic mass is 10.1. The summed E-state index contributed by atoms with van der Waals surface area (Å²) in [5.41, 5.74) is 0.0360.